The van der Waals surface area contributed by atoms with E-state index in [1.807, 2.05) is 12.2 Å². The Morgan fingerprint density at radius 2 is 1.09 bits per heavy atom. The second kappa shape index (κ2) is 27.0. The second-order valence-electron chi connectivity index (χ2n) is 5.46. The summed E-state index contributed by atoms with van der Waals surface area (Å²) >= 11 is 0. The third-order valence-corrected chi connectivity index (χ3v) is 6.62. The first-order valence-electron chi connectivity index (χ1n) is 5.16. The zero-order valence-electron chi connectivity index (χ0n) is 16.7. The van der Waals surface area contributed by atoms with Gasteiger partial charge in [-0.05, 0) is 0 Å². The quantitative estimate of drug-likeness (QED) is 0.325. The van der Waals surface area contributed by atoms with Crippen LogP contribution in [0, 0.1) is 43.2 Å². The Hall–Kier alpha value is 1.17. The molecule has 0 aromatic rings. The predicted octanol–water partition coefficient (Wildman–Crippen LogP) is 7.43. The average molecular weight is 421 g/mol. The van der Waals surface area contributed by atoms with Gasteiger partial charge in [0.15, 0.2) is 0 Å². The van der Waals surface area contributed by atoms with Crippen molar-refractivity contribution in [2.45, 2.75) is 45.7 Å². The molecule has 0 saturated carbocycles. The molecule has 1 rings (SSSR count). The first kappa shape index (κ1) is 56.7. The molecule has 0 aromatic heterocycles. The minimum absolute atomic E-state index is 0. The number of allylic oxidation sites excluding steroid dienone is 4. The fraction of sp³-hybridized carbons (Fsp3) is 0.438. The minimum Gasteiger partial charge on any atom is -0.668 e. The maximum absolute atomic E-state index is 4.82. The van der Waals surface area contributed by atoms with Crippen LogP contribution < -0.4 is 0 Å². The Bertz CT molecular complexity index is 201. The molecule has 0 aliphatic heterocycles. The SMILES string of the molecule is C[Si](C)(C)[N-][Si](C)(C)C.Cl.Cl.[C-]1=CC=CC1.[CH3-].[CH3-].[CH3-].[CH3-].[CH3-].[Ti]. The molecular formula is C16H40Cl2NSi2Ti-7. The van der Waals surface area contributed by atoms with E-state index in [9.17, 15) is 0 Å². The van der Waals surface area contributed by atoms with Crippen LogP contribution in [0.2, 0.25) is 39.3 Å². The molecule has 0 N–H and O–H groups in total. The van der Waals surface area contributed by atoms with Crippen molar-refractivity contribution in [3.63, 3.8) is 0 Å². The van der Waals surface area contributed by atoms with Crippen molar-refractivity contribution in [2.24, 2.45) is 0 Å². The smallest absolute Gasteiger partial charge is 0 e. The van der Waals surface area contributed by atoms with Gasteiger partial charge in [-0.3, -0.25) is 6.08 Å². The molecule has 0 spiro atoms. The number of hydrogen-bond acceptors (Lipinski definition) is 0. The van der Waals surface area contributed by atoms with Crippen LogP contribution in [0.15, 0.2) is 18.2 Å². The van der Waals surface area contributed by atoms with Crippen LogP contribution in [0.25, 0.3) is 4.65 Å². The topological polar surface area (TPSA) is 14.1 Å². The zero-order chi connectivity index (χ0) is 11.2. The minimum atomic E-state index is -1.11. The van der Waals surface area contributed by atoms with Gasteiger partial charge in [0.05, 0.1) is 0 Å². The van der Waals surface area contributed by atoms with Gasteiger partial charge in [0, 0.05) is 21.7 Å². The van der Waals surface area contributed by atoms with E-state index >= 15 is 0 Å². The molecule has 0 aromatic carbocycles. The van der Waals surface area contributed by atoms with Crippen molar-refractivity contribution < 1.29 is 21.7 Å². The molecule has 0 bridgehead atoms. The van der Waals surface area contributed by atoms with Crippen molar-refractivity contribution in [1.82, 2.24) is 0 Å². The fourth-order valence-corrected chi connectivity index (χ4v) is 9.40. The third-order valence-electron chi connectivity index (χ3n) is 1.26. The molecule has 0 unspecified atom stereocenters. The summed E-state index contributed by atoms with van der Waals surface area (Å²) < 4.78 is 4.82. The van der Waals surface area contributed by atoms with E-state index in [1.165, 1.54) is 0 Å². The Kier molecular flexibility index (Phi) is 69.7. The van der Waals surface area contributed by atoms with Crippen LogP contribution in [0.5, 0.6) is 0 Å². The fourth-order valence-electron chi connectivity index (χ4n) is 1.35. The van der Waals surface area contributed by atoms with Gasteiger partial charge in [-0.15, -0.1) is 31.2 Å². The predicted molar refractivity (Wildman–Crippen MR) is 118 cm³/mol. The van der Waals surface area contributed by atoms with E-state index in [0.29, 0.717) is 0 Å². The Labute approximate surface area is 174 Å². The van der Waals surface area contributed by atoms with Gasteiger partial charge in [0.2, 0.25) is 0 Å². The first-order chi connectivity index (χ1) is 6.21. The monoisotopic (exact) mass is 420 g/mol. The van der Waals surface area contributed by atoms with E-state index in [1.54, 1.807) is 0 Å². The summed E-state index contributed by atoms with van der Waals surface area (Å²) in [5.41, 5.74) is 0. The van der Waals surface area contributed by atoms with Gasteiger partial charge in [0.25, 0.3) is 0 Å². The molecule has 0 amide bonds. The summed E-state index contributed by atoms with van der Waals surface area (Å²) in [5, 5.41) is 0. The number of rotatable bonds is 2. The summed E-state index contributed by atoms with van der Waals surface area (Å²) in [4.78, 5) is 0. The van der Waals surface area contributed by atoms with Crippen molar-refractivity contribution in [3.8, 4) is 0 Å². The van der Waals surface area contributed by atoms with Crippen LogP contribution in [0.4, 0.5) is 0 Å². The molecule has 0 fully saturated rings. The van der Waals surface area contributed by atoms with E-state index in [0.717, 1.165) is 6.42 Å². The molecule has 0 heterocycles. The van der Waals surface area contributed by atoms with Gasteiger partial charge >= 0.3 is 0 Å². The van der Waals surface area contributed by atoms with Crippen LogP contribution in [-0.4, -0.2) is 16.5 Å². The van der Waals surface area contributed by atoms with Crippen LogP contribution in [0.3, 0.4) is 0 Å². The molecule has 1 nitrogen and oxygen atoms in total. The molecule has 22 heavy (non-hydrogen) atoms. The summed E-state index contributed by atoms with van der Waals surface area (Å²) in [6, 6.07) is 0. The standard InChI is InChI=1S/C6H18NSi2.C5H5.5CH3.2ClH.Ti/c1-8(2,3)7-9(4,5)6;1-2-4-5-3-1;;;;;;;;/h1-6H3;1-3H,4H2;5*1H3;2*1H;/q7*-1;;;. The van der Waals surface area contributed by atoms with Gasteiger partial charge < -0.3 is 41.8 Å². The van der Waals surface area contributed by atoms with Crippen molar-refractivity contribution in [2.75, 3.05) is 0 Å². The summed E-state index contributed by atoms with van der Waals surface area (Å²) in [5.74, 6) is 0. The molecule has 1 aliphatic carbocycles. The van der Waals surface area contributed by atoms with E-state index in [-0.39, 0.29) is 83.7 Å². The zero-order valence-corrected chi connectivity index (χ0v) is 21.9. The maximum atomic E-state index is 4.82. The molecule has 6 heteroatoms. The first-order valence-corrected chi connectivity index (χ1v) is 12.1. The van der Waals surface area contributed by atoms with E-state index in [2.05, 4.69) is 51.4 Å². The largest absolute Gasteiger partial charge is 0.668 e. The number of halogens is 2. The van der Waals surface area contributed by atoms with Gasteiger partial charge in [-0.25, -0.2) is 12.2 Å². The Balaban J connectivity index is -0.0000000169. The van der Waals surface area contributed by atoms with E-state index in [4.69, 9.17) is 4.65 Å². The van der Waals surface area contributed by atoms with Crippen molar-refractivity contribution >= 4 is 41.3 Å². The van der Waals surface area contributed by atoms with Gasteiger partial charge in [-0.2, -0.15) is 6.08 Å². The molecule has 142 valence electrons. The normalized spacial score (nSPS) is 9.73. The molecular weight excluding hydrogens is 381 g/mol. The Morgan fingerprint density at radius 1 is 0.773 bits per heavy atom. The molecule has 1 aliphatic rings. The van der Waals surface area contributed by atoms with Gasteiger partial charge in [0.1, 0.15) is 0 Å². The van der Waals surface area contributed by atoms with Crippen LogP contribution >= 0.6 is 24.8 Å². The molecule has 0 saturated heterocycles. The molecule has 0 atom stereocenters. The van der Waals surface area contributed by atoms with E-state index < -0.39 is 16.5 Å². The average Bonchev–Trinajstić information content (AvgIpc) is 2.29. The second-order valence-corrected chi connectivity index (χ2v) is 15.0. The summed E-state index contributed by atoms with van der Waals surface area (Å²) in [6.45, 7) is 13.8. The third kappa shape index (κ3) is 58.2. The summed E-state index contributed by atoms with van der Waals surface area (Å²) in [7, 11) is -2.21. The van der Waals surface area contributed by atoms with Crippen LogP contribution in [-0.2, 0) is 21.7 Å². The van der Waals surface area contributed by atoms with Crippen LogP contribution in [0.1, 0.15) is 6.42 Å². The number of hydrogen-bond donors (Lipinski definition) is 0. The maximum Gasteiger partial charge on any atom is 0 e. The Morgan fingerprint density at radius 3 is 1.14 bits per heavy atom. The van der Waals surface area contributed by atoms with Gasteiger partial charge in [-0.1, -0.05) is 55.8 Å². The van der Waals surface area contributed by atoms with Crippen molar-refractivity contribution in [3.05, 3.63) is 66.1 Å². The van der Waals surface area contributed by atoms with Crippen molar-refractivity contribution in [1.29, 1.82) is 0 Å². The summed E-state index contributed by atoms with van der Waals surface area (Å²) in [6.07, 6.45) is 10.0. The molecule has 0 radical (unpaired) electrons. The number of nitrogens with zero attached hydrogens (tertiary/aromatic N) is 1.